The van der Waals surface area contributed by atoms with E-state index in [1.807, 2.05) is 19.1 Å². The molecule has 3 aromatic carbocycles. The van der Waals surface area contributed by atoms with E-state index in [4.69, 9.17) is 21.1 Å². The largest absolute Gasteiger partial charge is 0.490 e. The standard InChI is InChI=1S/C28H23BrClN3O6/c1-3-38-23-13-17(22(29)14-24(23)39-15-25(34)31-19-8-4-16(2)5-9-19)12-21-26(35)32-28(37)33(27(21)36)20-10-6-18(30)7-11-20/h4-14H,3,15H2,1-2H3,(H,31,34)(H,32,35,37)/b21-12+. The second-order valence-corrected chi connectivity index (χ2v) is 9.68. The van der Waals surface area contributed by atoms with Crippen molar-refractivity contribution in [2.45, 2.75) is 13.8 Å². The second kappa shape index (κ2) is 12.1. The summed E-state index contributed by atoms with van der Waals surface area (Å²) in [6.45, 7) is 3.75. The number of halogens is 2. The average Bonchev–Trinajstić information content (AvgIpc) is 2.89. The molecule has 1 saturated heterocycles. The minimum Gasteiger partial charge on any atom is -0.490 e. The number of ether oxygens (including phenoxy) is 2. The molecular formula is C28H23BrClN3O6. The van der Waals surface area contributed by atoms with E-state index in [1.165, 1.54) is 30.3 Å². The van der Waals surface area contributed by atoms with Gasteiger partial charge in [-0.2, -0.15) is 0 Å². The summed E-state index contributed by atoms with van der Waals surface area (Å²) in [4.78, 5) is 51.5. The molecular weight excluding hydrogens is 590 g/mol. The summed E-state index contributed by atoms with van der Waals surface area (Å²) in [5.41, 5.74) is 2.12. The fourth-order valence-corrected chi connectivity index (χ4v) is 4.22. The smallest absolute Gasteiger partial charge is 0.335 e. The molecule has 0 aliphatic carbocycles. The molecule has 9 nitrogen and oxygen atoms in total. The fourth-order valence-electron chi connectivity index (χ4n) is 3.66. The molecule has 0 unspecified atom stereocenters. The maximum Gasteiger partial charge on any atom is 0.335 e. The number of nitrogens with zero attached hydrogens (tertiary/aromatic N) is 1. The first-order valence-corrected chi connectivity index (χ1v) is 13.0. The van der Waals surface area contributed by atoms with Gasteiger partial charge in [-0.1, -0.05) is 45.2 Å². The minimum atomic E-state index is -0.869. The Morgan fingerprint density at radius 1 is 1.03 bits per heavy atom. The molecule has 1 heterocycles. The SMILES string of the molecule is CCOc1cc(/C=C2\C(=O)NC(=O)N(c3ccc(Cl)cc3)C2=O)c(Br)cc1OCC(=O)Nc1ccc(C)cc1. The molecule has 0 saturated carbocycles. The summed E-state index contributed by atoms with van der Waals surface area (Å²) in [6.07, 6.45) is 1.34. The molecule has 0 spiro atoms. The third-order valence-electron chi connectivity index (χ3n) is 5.54. The lowest BCUT2D eigenvalue weighted by Gasteiger charge is -2.26. The van der Waals surface area contributed by atoms with Crippen molar-refractivity contribution in [3.63, 3.8) is 0 Å². The highest BCUT2D eigenvalue weighted by atomic mass is 79.9. The van der Waals surface area contributed by atoms with Crippen LogP contribution in [0.2, 0.25) is 5.02 Å². The van der Waals surface area contributed by atoms with Crippen LogP contribution in [-0.2, 0) is 14.4 Å². The molecule has 1 fully saturated rings. The Balaban J connectivity index is 1.57. The van der Waals surface area contributed by atoms with Crippen molar-refractivity contribution in [3.8, 4) is 11.5 Å². The van der Waals surface area contributed by atoms with Crippen LogP contribution >= 0.6 is 27.5 Å². The molecule has 3 aromatic rings. The Morgan fingerprint density at radius 3 is 2.36 bits per heavy atom. The van der Waals surface area contributed by atoms with Gasteiger partial charge in [0, 0.05) is 15.2 Å². The molecule has 0 aromatic heterocycles. The quantitative estimate of drug-likeness (QED) is 0.257. The number of barbiturate groups is 1. The van der Waals surface area contributed by atoms with Gasteiger partial charge >= 0.3 is 6.03 Å². The number of urea groups is 1. The van der Waals surface area contributed by atoms with Gasteiger partial charge in [0.2, 0.25) is 0 Å². The summed E-state index contributed by atoms with van der Waals surface area (Å²) < 4.78 is 11.9. The molecule has 11 heteroatoms. The number of amides is 5. The fraction of sp³-hybridized carbons (Fsp3) is 0.143. The Kier molecular flexibility index (Phi) is 8.68. The Bertz CT molecular complexity index is 1470. The number of hydrogen-bond acceptors (Lipinski definition) is 6. The van der Waals surface area contributed by atoms with Crippen molar-refractivity contribution in [1.82, 2.24) is 5.32 Å². The van der Waals surface area contributed by atoms with Crippen LogP contribution in [0.4, 0.5) is 16.2 Å². The Hall–Kier alpha value is -4.15. The van der Waals surface area contributed by atoms with Crippen LogP contribution < -0.4 is 25.0 Å². The van der Waals surface area contributed by atoms with E-state index >= 15 is 0 Å². The van der Waals surface area contributed by atoms with Gasteiger partial charge in [0.25, 0.3) is 17.7 Å². The zero-order valence-electron chi connectivity index (χ0n) is 20.9. The van der Waals surface area contributed by atoms with Crippen molar-refractivity contribution < 1.29 is 28.7 Å². The number of carbonyl (C=O) groups is 4. The van der Waals surface area contributed by atoms with Crippen molar-refractivity contribution in [1.29, 1.82) is 0 Å². The predicted octanol–water partition coefficient (Wildman–Crippen LogP) is 5.49. The third-order valence-corrected chi connectivity index (χ3v) is 6.48. The maximum atomic E-state index is 13.2. The normalized spacial score (nSPS) is 14.3. The van der Waals surface area contributed by atoms with Crippen molar-refractivity contribution >= 4 is 68.7 Å². The zero-order valence-corrected chi connectivity index (χ0v) is 23.3. The molecule has 39 heavy (non-hydrogen) atoms. The van der Waals surface area contributed by atoms with E-state index in [-0.39, 0.29) is 29.5 Å². The molecule has 0 radical (unpaired) electrons. The first-order valence-electron chi connectivity index (χ1n) is 11.8. The van der Waals surface area contributed by atoms with Crippen LogP contribution in [0.3, 0.4) is 0 Å². The first kappa shape index (κ1) is 27.9. The van der Waals surface area contributed by atoms with E-state index in [0.717, 1.165) is 10.5 Å². The molecule has 200 valence electrons. The van der Waals surface area contributed by atoms with Crippen LogP contribution in [0, 0.1) is 6.92 Å². The van der Waals surface area contributed by atoms with Gasteiger partial charge in [0.1, 0.15) is 5.57 Å². The highest BCUT2D eigenvalue weighted by Crippen LogP contribution is 2.35. The van der Waals surface area contributed by atoms with E-state index in [2.05, 4.69) is 26.6 Å². The van der Waals surface area contributed by atoms with Crippen LogP contribution in [0.5, 0.6) is 11.5 Å². The van der Waals surface area contributed by atoms with Crippen molar-refractivity contribution in [2.75, 3.05) is 23.4 Å². The number of benzene rings is 3. The van der Waals surface area contributed by atoms with E-state index in [9.17, 15) is 19.2 Å². The van der Waals surface area contributed by atoms with Gasteiger partial charge < -0.3 is 14.8 Å². The zero-order chi connectivity index (χ0) is 28.1. The molecule has 5 amide bonds. The molecule has 0 atom stereocenters. The molecule has 1 aliphatic rings. The van der Waals surface area contributed by atoms with E-state index in [0.29, 0.717) is 33.1 Å². The van der Waals surface area contributed by atoms with Gasteiger partial charge in [0.05, 0.1) is 12.3 Å². The molecule has 0 bridgehead atoms. The lowest BCUT2D eigenvalue weighted by molar-refractivity contribution is -0.122. The van der Waals surface area contributed by atoms with Gasteiger partial charge in [-0.15, -0.1) is 0 Å². The van der Waals surface area contributed by atoms with Gasteiger partial charge in [-0.3, -0.25) is 19.7 Å². The predicted molar refractivity (Wildman–Crippen MR) is 151 cm³/mol. The Labute approximate surface area is 237 Å². The number of carbonyl (C=O) groups excluding carboxylic acids is 4. The van der Waals surface area contributed by atoms with Crippen molar-refractivity contribution in [3.05, 3.63) is 86.9 Å². The molecule has 1 aliphatic heterocycles. The van der Waals surface area contributed by atoms with Crippen LogP contribution in [0.25, 0.3) is 6.08 Å². The van der Waals surface area contributed by atoms with E-state index in [1.54, 1.807) is 31.2 Å². The van der Waals surface area contributed by atoms with Crippen LogP contribution in [0.15, 0.2) is 70.7 Å². The monoisotopic (exact) mass is 611 g/mol. The lowest BCUT2D eigenvalue weighted by atomic mass is 10.1. The summed E-state index contributed by atoms with van der Waals surface area (Å²) in [5.74, 6) is -1.43. The number of nitrogens with one attached hydrogen (secondary N) is 2. The summed E-state index contributed by atoms with van der Waals surface area (Å²) in [6, 6.07) is 15.7. The number of hydrogen-bond donors (Lipinski definition) is 2. The Morgan fingerprint density at radius 2 is 1.69 bits per heavy atom. The molecule has 2 N–H and O–H groups in total. The number of imide groups is 2. The topological polar surface area (TPSA) is 114 Å². The van der Waals surface area contributed by atoms with Gasteiger partial charge in [-0.25, -0.2) is 9.69 Å². The van der Waals surface area contributed by atoms with Crippen LogP contribution in [-0.4, -0.2) is 37.0 Å². The minimum absolute atomic E-state index is 0.252. The summed E-state index contributed by atoms with van der Waals surface area (Å²) in [7, 11) is 0. The lowest BCUT2D eigenvalue weighted by Crippen LogP contribution is -2.54. The highest BCUT2D eigenvalue weighted by molar-refractivity contribution is 9.10. The second-order valence-electron chi connectivity index (χ2n) is 8.39. The van der Waals surface area contributed by atoms with Crippen molar-refractivity contribution in [2.24, 2.45) is 0 Å². The average molecular weight is 613 g/mol. The van der Waals surface area contributed by atoms with Gasteiger partial charge in [0.15, 0.2) is 18.1 Å². The van der Waals surface area contributed by atoms with Crippen LogP contribution in [0.1, 0.15) is 18.1 Å². The number of anilines is 2. The summed E-state index contributed by atoms with van der Waals surface area (Å²) in [5, 5.41) is 5.37. The maximum absolute atomic E-state index is 13.2. The van der Waals surface area contributed by atoms with E-state index < -0.39 is 17.8 Å². The summed E-state index contributed by atoms with van der Waals surface area (Å²) >= 11 is 9.34. The third kappa shape index (κ3) is 6.65. The van der Waals surface area contributed by atoms with Gasteiger partial charge in [-0.05, 0) is 74.0 Å². The molecule has 4 rings (SSSR count). The highest BCUT2D eigenvalue weighted by Gasteiger charge is 2.37. The number of rotatable bonds is 8. The first-order chi connectivity index (χ1) is 18.7. The number of aryl methyl sites for hydroxylation is 1.